The van der Waals surface area contributed by atoms with Crippen molar-refractivity contribution in [2.75, 3.05) is 11.5 Å². The summed E-state index contributed by atoms with van der Waals surface area (Å²) in [6.45, 7) is 0. The highest BCUT2D eigenvalue weighted by Gasteiger charge is 2.14. The molecule has 1 heterocycles. The minimum Gasteiger partial charge on any atom is -0.229 e. The van der Waals surface area contributed by atoms with Crippen LogP contribution in [0, 0.1) is 6.42 Å². The normalized spacial score (nSPS) is 27.5. The number of hydrogen-bond acceptors (Lipinski definition) is 2. The van der Waals surface area contributed by atoms with E-state index in [-0.39, 0.29) is 0 Å². The van der Waals surface area contributed by atoms with Gasteiger partial charge in [0.1, 0.15) is 9.84 Å². The van der Waals surface area contributed by atoms with Gasteiger partial charge in [-0.25, -0.2) is 8.42 Å². The molecule has 0 spiro atoms. The summed E-state index contributed by atoms with van der Waals surface area (Å²) in [5.74, 6) is 0.625. The Balaban J connectivity index is 2.58. The Morgan fingerprint density at radius 2 is 1.62 bits per heavy atom. The number of hydrogen-bond donors (Lipinski definition) is 0. The van der Waals surface area contributed by atoms with Gasteiger partial charge in [-0.3, -0.25) is 0 Å². The fraction of sp³-hybridized carbons (Fsp3) is 0.800. The predicted molar refractivity (Wildman–Crippen MR) is 31.1 cm³/mol. The van der Waals surface area contributed by atoms with Crippen molar-refractivity contribution in [1.82, 2.24) is 0 Å². The lowest BCUT2D eigenvalue weighted by Gasteiger charge is -2.07. The van der Waals surface area contributed by atoms with E-state index in [2.05, 4.69) is 6.42 Å². The minimum absolute atomic E-state index is 0.312. The van der Waals surface area contributed by atoms with Crippen molar-refractivity contribution >= 4 is 9.84 Å². The third-order valence-corrected chi connectivity index (χ3v) is 2.83. The van der Waals surface area contributed by atoms with Crippen molar-refractivity contribution in [2.24, 2.45) is 0 Å². The van der Waals surface area contributed by atoms with E-state index in [1.165, 1.54) is 0 Å². The van der Waals surface area contributed by atoms with Crippen LogP contribution in [-0.4, -0.2) is 19.9 Å². The molecule has 0 N–H and O–H groups in total. The Hall–Kier alpha value is -0.0500. The molecule has 2 nitrogen and oxygen atoms in total. The second-order valence-corrected chi connectivity index (χ2v) is 4.21. The summed E-state index contributed by atoms with van der Waals surface area (Å²) in [4.78, 5) is 0. The highest BCUT2D eigenvalue weighted by Crippen LogP contribution is 2.08. The minimum atomic E-state index is -2.65. The number of sulfone groups is 1. The maximum absolute atomic E-state index is 10.6. The summed E-state index contributed by atoms with van der Waals surface area (Å²) >= 11 is 0. The largest absolute Gasteiger partial charge is 0.229 e. The van der Waals surface area contributed by atoms with E-state index < -0.39 is 9.84 Å². The Morgan fingerprint density at radius 1 is 1.12 bits per heavy atom. The second-order valence-electron chi connectivity index (χ2n) is 1.90. The van der Waals surface area contributed by atoms with Crippen molar-refractivity contribution in [3.8, 4) is 0 Å². The molecule has 1 aliphatic rings. The average Bonchev–Trinajstić information content (AvgIpc) is 1.65. The summed E-state index contributed by atoms with van der Waals surface area (Å²) < 4.78 is 21.2. The van der Waals surface area contributed by atoms with Crippen LogP contribution in [0.4, 0.5) is 0 Å². The molecule has 8 heavy (non-hydrogen) atoms. The standard InChI is InChI=1S/C5H8O2S/c6-8(7)4-2-1-3-5-8/h2-5H2. The lowest BCUT2D eigenvalue weighted by atomic mass is 10.3. The Kier molecular flexibility index (Phi) is 1.56. The fourth-order valence-electron chi connectivity index (χ4n) is 0.682. The van der Waals surface area contributed by atoms with Gasteiger partial charge >= 0.3 is 0 Å². The van der Waals surface area contributed by atoms with E-state index in [9.17, 15) is 8.42 Å². The SMILES string of the molecule is O=S1(=O)CC[C]CC1. The molecule has 0 aliphatic carbocycles. The second kappa shape index (κ2) is 2.05. The average molecular weight is 132 g/mol. The number of rotatable bonds is 0. The van der Waals surface area contributed by atoms with Crippen LogP contribution in [0.25, 0.3) is 0 Å². The first-order chi connectivity index (χ1) is 3.71. The Labute approximate surface area is 49.8 Å². The van der Waals surface area contributed by atoms with Gasteiger partial charge in [-0.2, -0.15) is 0 Å². The van der Waals surface area contributed by atoms with Crippen molar-refractivity contribution in [3.05, 3.63) is 6.42 Å². The molecule has 46 valence electrons. The molecular formula is C5H8O2S. The third kappa shape index (κ3) is 1.47. The van der Waals surface area contributed by atoms with Crippen LogP contribution in [0.2, 0.25) is 0 Å². The first-order valence-corrected chi connectivity index (χ1v) is 4.44. The maximum atomic E-state index is 10.6. The van der Waals surface area contributed by atoms with Crippen LogP contribution < -0.4 is 0 Å². The molecule has 0 saturated carbocycles. The van der Waals surface area contributed by atoms with Crippen molar-refractivity contribution in [2.45, 2.75) is 12.8 Å². The molecule has 1 saturated heterocycles. The summed E-state index contributed by atoms with van der Waals surface area (Å²) in [6, 6.07) is 0. The monoisotopic (exact) mass is 132 g/mol. The van der Waals surface area contributed by atoms with Crippen LogP contribution in [0.5, 0.6) is 0 Å². The quantitative estimate of drug-likeness (QED) is 0.474. The smallest absolute Gasteiger partial charge is 0.150 e. The van der Waals surface area contributed by atoms with E-state index in [4.69, 9.17) is 0 Å². The molecule has 0 unspecified atom stereocenters. The maximum Gasteiger partial charge on any atom is 0.150 e. The molecule has 0 amide bonds. The fourth-order valence-corrected chi connectivity index (χ4v) is 1.80. The lowest BCUT2D eigenvalue weighted by molar-refractivity contribution is 0.588. The van der Waals surface area contributed by atoms with Crippen LogP contribution in [0.15, 0.2) is 0 Å². The van der Waals surface area contributed by atoms with Crippen LogP contribution in [-0.2, 0) is 9.84 Å². The van der Waals surface area contributed by atoms with Crippen molar-refractivity contribution in [1.29, 1.82) is 0 Å². The highest BCUT2D eigenvalue weighted by atomic mass is 32.2. The van der Waals surface area contributed by atoms with E-state index in [0.717, 1.165) is 0 Å². The molecular weight excluding hydrogens is 124 g/mol. The van der Waals surface area contributed by atoms with Crippen molar-refractivity contribution in [3.63, 3.8) is 0 Å². The molecule has 1 aliphatic heterocycles. The molecule has 1 fully saturated rings. The summed E-state index contributed by atoms with van der Waals surface area (Å²) in [6.07, 6.45) is 4.22. The zero-order chi connectivity index (χ0) is 6.04. The molecule has 0 aromatic carbocycles. The highest BCUT2D eigenvalue weighted by molar-refractivity contribution is 7.91. The van der Waals surface area contributed by atoms with Gasteiger partial charge in [0, 0.05) is 0 Å². The molecule has 0 aromatic rings. The molecule has 0 atom stereocenters. The third-order valence-electron chi connectivity index (χ3n) is 1.18. The molecule has 3 heteroatoms. The van der Waals surface area contributed by atoms with Gasteiger partial charge in [0.2, 0.25) is 0 Å². The zero-order valence-corrected chi connectivity index (χ0v) is 5.37. The Morgan fingerprint density at radius 3 is 1.88 bits per heavy atom. The summed E-state index contributed by atoms with van der Waals surface area (Å²) in [5, 5.41) is 0. The van der Waals surface area contributed by atoms with Crippen LogP contribution >= 0.6 is 0 Å². The van der Waals surface area contributed by atoms with Gasteiger partial charge in [-0.1, -0.05) is 0 Å². The first kappa shape index (κ1) is 6.08. The van der Waals surface area contributed by atoms with Gasteiger partial charge < -0.3 is 0 Å². The van der Waals surface area contributed by atoms with E-state index in [1.54, 1.807) is 0 Å². The van der Waals surface area contributed by atoms with Gasteiger partial charge in [-0.05, 0) is 19.3 Å². The van der Waals surface area contributed by atoms with E-state index >= 15 is 0 Å². The molecule has 0 bridgehead atoms. The molecule has 0 aromatic heterocycles. The van der Waals surface area contributed by atoms with Crippen molar-refractivity contribution < 1.29 is 8.42 Å². The summed E-state index contributed by atoms with van der Waals surface area (Å²) in [5.41, 5.74) is 0. The Bertz CT molecular complexity index is 145. The predicted octanol–water partition coefficient (Wildman–Crippen LogP) is 0.276. The van der Waals surface area contributed by atoms with E-state index in [0.29, 0.717) is 24.3 Å². The molecule has 1 rings (SSSR count). The first-order valence-electron chi connectivity index (χ1n) is 2.62. The van der Waals surface area contributed by atoms with Gasteiger partial charge in [0.05, 0.1) is 11.5 Å². The zero-order valence-electron chi connectivity index (χ0n) is 4.55. The van der Waals surface area contributed by atoms with Crippen LogP contribution in [0.1, 0.15) is 12.8 Å². The van der Waals surface area contributed by atoms with E-state index in [1.807, 2.05) is 0 Å². The van der Waals surface area contributed by atoms with Crippen LogP contribution in [0.3, 0.4) is 0 Å². The topological polar surface area (TPSA) is 34.1 Å². The lowest BCUT2D eigenvalue weighted by Crippen LogP contribution is -2.16. The molecule has 2 radical (unpaired) electrons. The summed E-state index contributed by atoms with van der Waals surface area (Å²) in [7, 11) is -2.65. The van der Waals surface area contributed by atoms with Gasteiger partial charge in [-0.15, -0.1) is 0 Å². The van der Waals surface area contributed by atoms with Gasteiger partial charge in [0.25, 0.3) is 0 Å². The van der Waals surface area contributed by atoms with Gasteiger partial charge in [0.15, 0.2) is 0 Å².